The maximum atomic E-state index is 13.9. The minimum atomic E-state index is -0.726. The molecule has 7 rings (SSSR count). The average Bonchev–Trinajstić information content (AvgIpc) is 3.54. The van der Waals surface area contributed by atoms with Gasteiger partial charge in [-0.25, -0.2) is 4.90 Å². The van der Waals surface area contributed by atoms with Crippen molar-refractivity contribution in [3.8, 4) is 11.5 Å². The number of methoxy groups -OCH3 is 1. The van der Waals surface area contributed by atoms with E-state index >= 15 is 0 Å². The van der Waals surface area contributed by atoms with Crippen molar-refractivity contribution in [3.63, 3.8) is 0 Å². The topological polar surface area (TPSA) is 118 Å². The van der Waals surface area contributed by atoms with Gasteiger partial charge in [0.1, 0.15) is 5.25 Å². The molecule has 3 unspecified atom stereocenters. The molecule has 3 heterocycles. The standard InChI is InChI=1S/C33H25N3O6S2/c1-41-24-16-20(12-14-23(24)42-17-25(37)34-21-13-11-18-7-5-6-8-19(18)15-21)26-27-29(43-30-28(26)44-33(40)35-30)32(39)36(31(27)38)22-9-3-2-4-10-22/h2-16,26-27,29H,17H2,1H3,(H,34,37)(H,35,40). The van der Waals surface area contributed by atoms with Crippen LogP contribution in [0.4, 0.5) is 11.4 Å². The first-order valence-corrected chi connectivity index (χ1v) is 15.5. The summed E-state index contributed by atoms with van der Waals surface area (Å²) in [6.45, 7) is -0.254. The molecule has 0 spiro atoms. The van der Waals surface area contributed by atoms with Crippen molar-refractivity contribution in [1.29, 1.82) is 0 Å². The number of amides is 3. The lowest BCUT2D eigenvalue weighted by atomic mass is 9.83. The molecule has 0 saturated carbocycles. The van der Waals surface area contributed by atoms with Gasteiger partial charge in [0.25, 0.3) is 5.91 Å². The number of hydrogen-bond acceptors (Lipinski definition) is 8. The van der Waals surface area contributed by atoms with Crippen molar-refractivity contribution in [3.05, 3.63) is 111 Å². The molecular formula is C33H25N3O6S2. The molecule has 5 aromatic rings. The van der Waals surface area contributed by atoms with Gasteiger partial charge in [0.2, 0.25) is 11.8 Å². The summed E-state index contributed by atoms with van der Waals surface area (Å²) < 4.78 is 11.5. The van der Waals surface area contributed by atoms with E-state index in [1.807, 2.05) is 48.5 Å². The van der Waals surface area contributed by atoms with Gasteiger partial charge in [0.15, 0.2) is 18.1 Å². The zero-order valence-electron chi connectivity index (χ0n) is 23.3. The number of H-pyrrole nitrogens is 1. The number of aromatic nitrogens is 1. The summed E-state index contributed by atoms with van der Waals surface area (Å²) in [7, 11) is 1.49. The number of para-hydroxylation sites is 1. The lowest BCUT2D eigenvalue weighted by molar-refractivity contribution is -0.122. The molecule has 1 aromatic heterocycles. The molecule has 9 nitrogen and oxygen atoms in total. The number of anilines is 2. The molecule has 44 heavy (non-hydrogen) atoms. The van der Waals surface area contributed by atoms with Crippen molar-refractivity contribution in [1.82, 2.24) is 4.98 Å². The quantitative estimate of drug-likeness (QED) is 0.233. The van der Waals surface area contributed by atoms with Crippen LogP contribution in [-0.4, -0.2) is 41.7 Å². The first kappa shape index (κ1) is 27.9. The first-order valence-electron chi connectivity index (χ1n) is 13.8. The highest BCUT2D eigenvalue weighted by Crippen LogP contribution is 2.53. The number of nitrogens with zero attached hydrogens (tertiary/aromatic N) is 1. The molecule has 0 radical (unpaired) electrons. The number of aromatic amines is 1. The molecule has 4 aromatic carbocycles. The van der Waals surface area contributed by atoms with Crippen LogP contribution in [0, 0.1) is 5.92 Å². The second-order valence-electron chi connectivity index (χ2n) is 10.4. The van der Waals surface area contributed by atoms with E-state index in [0.717, 1.165) is 22.1 Å². The van der Waals surface area contributed by atoms with Crippen LogP contribution in [0.1, 0.15) is 16.4 Å². The molecule has 3 atom stereocenters. The van der Waals surface area contributed by atoms with Crippen molar-refractivity contribution in [2.24, 2.45) is 5.92 Å². The van der Waals surface area contributed by atoms with Gasteiger partial charge in [-0.05, 0) is 52.7 Å². The molecule has 0 bridgehead atoms. The highest BCUT2D eigenvalue weighted by atomic mass is 32.2. The van der Waals surface area contributed by atoms with Crippen molar-refractivity contribution in [2.45, 2.75) is 16.2 Å². The van der Waals surface area contributed by atoms with Crippen molar-refractivity contribution in [2.75, 3.05) is 23.9 Å². The molecule has 2 N–H and O–H groups in total. The number of imide groups is 1. The number of carbonyl (C=O) groups excluding carboxylic acids is 3. The monoisotopic (exact) mass is 623 g/mol. The molecule has 3 amide bonds. The summed E-state index contributed by atoms with van der Waals surface area (Å²) in [5.74, 6) is -1.56. The smallest absolute Gasteiger partial charge is 0.305 e. The largest absolute Gasteiger partial charge is 0.493 e. The number of thiazole rings is 1. The fraction of sp³-hybridized carbons (Fsp3) is 0.152. The van der Waals surface area contributed by atoms with Crippen LogP contribution in [0.25, 0.3) is 10.8 Å². The van der Waals surface area contributed by atoms with Gasteiger partial charge in [-0.3, -0.25) is 19.2 Å². The van der Waals surface area contributed by atoms with E-state index in [1.54, 1.807) is 42.5 Å². The minimum absolute atomic E-state index is 0.253. The molecule has 1 saturated heterocycles. The molecule has 2 aliphatic heterocycles. The molecule has 11 heteroatoms. The Kier molecular flexibility index (Phi) is 7.19. The Morgan fingerprint density at radius 2 is 1.66 bits per heavy atom. The van der Waals surface area contributed by atoms with Crippen LogP contribution >= 0.6 is 23.1 Å². The molecular weight excluding hydrogens is 599 g/mol. The van der Waals surface area contributed by atoms with E-state index in [2.05, 4.69) is 10.3 Å². The van der Waals surface area contributed by atoms with E-state index in [1.165, 1.54) is 23.8 Å². The van der Waals surface area contributed by atoms with Crippen LogP contribution in [0.5, 0.6) is 11.5 Å². The normalized spacial score (nSPS) is 19.0. The van der Waals surface area contributed by atoms with Crippen molar-refractivity contribution < 1.29 is 23.9 Å². The number of ether oxygens (including phenoxy) is 2. The summed E-state index contributed by atoms with van der Waals surface area (Å²) in [5.41, 5.74) is 1.86. The average molecular weight is 624 g/mol. The zero-order chi connectivity index (χ0) is 30.4. The van der Waals surface area contributed by atoms with Gasteiger partial charge >= 0.3 is 4.87 Å². The Morgan fingerprint density at radius 3 is 2.45 bits per heavy atom. The number of benzene rings is 4. The Labute approximate surface area is 259 Å². The highest BCUT2D eigenvalue weighted by molar-refractivity contribution is 8.00. The third-order valence-electron chi connectivity index (χ3n) is 7.78. The van der Waals surface area contributed by atoms with E-state index in [9.17, 15) is 19.2 Å². The lowest BCUT2D eigenvalue weighted by Crippen LogP contribution is -2.32. The second-order valence-corrected chi connectivity index (χ2v) is 12.6. The van der Waals surface area contributed by atoms with Gasteiger partial charge in [0.05, 0.1) is 23.7 Å². The fourth-order valence-electron chi connectivity index (χ4n) is 5.81. The molecule has 1 fully saturated rings. The number of hydrogen-bond donors (Lipinski definition) is 2. The minimum Gasteiger partial charge on any atom is -0.493 e. The number of thioether (sulfide) groups is 1. The first-order chi connectivity index (χ1) is 21.4. The third kappa shape index (κ3) is 4.93. The Balaban J connectivity index is 1.15. The molecule has 220 valence electrons. The maximum Gasteiger partial charge on any atom is 0.305 e. The van der Waals surface area contributed by atoms with Gasteiger partial charge < -0.3 is 19.8 Å². The predicted octanol–water partition coefficient (Wildman–Crippen LogP) is 5.41. The van der Waals surface area contributed by atoms with E-state index in [4.69, 9.17) is 9.47 Å². The highest BCUT2D eigenvalue weighted by Gasteiger charge is 2.56. The predicted molar refractivity (Wildman–Crippen MR) is 170 cm³/mol. The van der Waals surface area contributed by atoms with E-state index < -0.39 is 17.1 Å². The lowest BCUT2D eigenvalue weighted by Gasteiger charge is -2.30. The summed E-state index contributed by atoms with van der Waals surface area (Å²) in [4.78, 5) is 57.1. The van der Waals surface area contributed by atoms with E-state index in [0.29, 0.717) is 38.3 Å². The number of carbonyl (C=O) groups is 3. The van der Waals surface area contributed by atoms with Gasteiger partial charge in [-0.15, -0.1) is 0 Å². The summed E-state index contributed by atoms with van der Waals surface area (Å²) in [6, 6.07) is 27.6. The van der Waals surface area contributed by atoms with E-state index in [-0.39, 0.29) is 29.2 Å². The summed E-state index contributed by atoms with van der Waals surface area (Å²) in [6.07, 6.45) is 0. The Bertz CT molecular complexity index is 1990. The maximum absolute atomic E-state index is 13.9. The van der Waals surface area contributed by atoms with Crippen LogP contribution in [0.15, 0.2) is 101 Å². The van der Waals surface area contributed by atoms with Gasteiger partial charge in [0, 0.05) is 16.5 Å². The van der Waals surface area contributed by atoms with Gasteiger partial charge in [-0.2, -0.15) is 0 Å². The fourth-order valence-corrected chi connectivity index (χ4v) is 8.33. The second kappa shape index (κ2) is 11.3. The molecule has 0 aliphatic carbocycles. The van der Waals surface area contributed by atoms with Crippen LogP contribution in [0.2, 0.25) is 0 Å². The van der Waals surface area contributed by atoms with Crippen LogP contribution in [0.3, 0.4) is 0 Å². The van der Waals surface area contributed by atoms with Crippen LogP contribution < -0.4 is 24.6 Å². The molecule has 2 aliphatic rings. The Hall–Kier alpha value is -4.87. The van der Waals surface area contributed by atoms with Crippen LogP contribution in [-0.2, 0) is 14.4 Å². The number of rotatable bonds is 7. The number of fused-ring (bicyclic) bond motifs is 3. The summed E-state index contributed by atoms with van der Waals surface area (Å²) in [5, 5.41) is 4.83. The SMILES string of the molecule is COc1cc(C2c3sc(=O)[nH]c3SC3C(=O)N(c4ccccc4)C(=O)C32)ccc1OCC(=O)Nc1ccc2ccccc2c1. The van der Waals surface area contributed by atoms with Gasteiger partial charge in [-0.1, -0.05) is 77.7 Å². The zero-order valence-corrected chi connectivity index (χ0v) is 24.9. The van der Waals surface area contributed by atoms with Crippen molar-refractivity contribution >= 4 is 63.0 Å². The number of nitrogens with one attached hydrogen (secondary N) is 2. The third-order valence-corrected chi connectivity index (χ3v) is 10.2. The summed E-state index contributed by atoms with van der Waals surface area (Å²) >= 11 is 2.26. The Morgan fingerprint density at radius 1 is 0.886 bits per heavy atom.